The molecule has 0 radical (unpaired) electrons. The van der Waals surface area contributed by atoms with Gasteiger partial charge >= 0.3 is 0 Å². The van der Waals surface area contributed by atoms with E-state index in [1.54, 1.807) is 4.68 Å². The van der Waals surface area contributed by atoms with Crippen molar-refractivity contribution >= 4 is 5.69 Å². The second-order valence-electron chi connectivity index (χ2n) is 4.21. The van der Waals surface area contributed by atoms with Gasteiger partial charge in [0.1, 0.15) is 0 Å². The summed E-state index contributed by atoms with van der Waals surface area (Å²) in [5, 5.41) is 20.7. The first-order valence-electron chi connectivity index (χ1n) is 6.11. The molecule has 0 atom stereocenters. The van der Waals surface area contributed by atoms with Crippen LogP contribution in [0.4, 0.5) is 5.69 Å². The van der Waals surface area contributed by atoms with Crippen LogP contribution in [0.25, 0.3) is 0 Å². The quantitative estimate of drug-likeness (QED) is 0.794. The Morgan fingerprint density at radius 1 is 1.39 bits per heavy atom. The van der Waals surface area contributed by atoms with Crippen molar-refractivity contribution in [2.75, 3.05) is 11.9 Å². The molecule has 6 nitrogen and oxygen atoms in total. The van der Waals surface area contributed by atoms with Crippen LogP contribution in [-0.2, 0) is 26.6 Å². The summed E-state index contributed by atoms with van der Waals surface area (Å²) in [6, 6.07) is 0. The number of rotatable bonds is 6. The zero-order valence-corrected chi connectivity index (χ0v) is 10.8. The van der Waals surface area contributed by atoms with E-state index in [0.29, 0.717) is 13.1 Å². The highest BCUT2D eigenvalue weighted by atomic mass is 16.3. The molecule has 0 aromatic carbocycles. The molecule has 0 fully saturated rings. The SMILES string of the molecule is CCc1nn(C)cc1NCc1cnn(CCO)c1. The van der Waals surface area contributed by atoms with E-state index in [1.165, 1.54) is 0 Å². The van der Waals surface area contributed by atoms with Crippen LogP contribution >= 0.6 is 0 Å². The molecule has 0 amide bonds. The largest absolute Gasteiger partial charge is 0.394 e. The molecule has 2 heterocycles. The lowest BCUT2D eigenvalue weighted by molar-refractivity contribution is 0.269. The first-order valence-corrected chi connectivity index (χ1v) is 6.11. The third-order valence-electron chi connectivity index (χ3n) is 2.74. The number of hydrogen-bond acceptors (Lipinski definition) is 4. The Hall–Kier alpha value is -1.82. The highest BCUT2D eigenvalue weighted by Gasteiger charge is 2.05. The average molecular weight is 249 g/mol. The molecule has 98 valence electrons. The van der Waals surface area contributed by atoms with Gasteiger partial charge in [-0.3, -0.25) is 9.36 Å². The summed E-state index contributed by atoms with van der Waals surface area (Å²) in [4.78, 5) is 0. The van der Waals surface area contributed by atoms with Crippen LogP contribution in [0.5, 0.6) is 0 Å². The van der Waals surface area contributed by atoms with Crippen molar-refractivity contribution in [3.63, 3.8) is 0 Å². The van der Waals surface area contributed by atoms with E-state index in [4.69, 9.17) is 5.11 Å². The van der Waals surface area contributed by atoms with Gasteiger partial charge in [-0.05, 0) is 6.42 Å². The standard InChI is InChI=1S/C12H19N5O/c1-3-11-12(9-16(2)15-11)13-6-10-7-14-17(8-10)4-5-18/h7-9,13,18H,3-6H2,1-2H3. The first-order chi connectivity index (χ1) is 8.72. The molecule has 2 aromatic rings. The fourth-order valence-corrected chi connectivity index (χ4v) is 1.86. The summed E-state index contributed by atoms with van der Waals surface area (Å²) in [6.45, 7) is 3.45. The summed E-state index contributed by atoms with van der Waals surface area (Å²) in [5.74, 6) is 0. The van der Waals surface area contributed by atoms with Crippen LogP contribution in [-0.4, -0.2) is 31.3 Å². The molecule has 0 saturated carbocycles. The number of anilines is 1. The molecule has 6 heteroatoms. The van der Waals surface area contributed by atoms with E-state index in [0.717, 1.165) is 23.4 Å². The van der Waals surface area contributed by atoms with Crippen LogP contribution in [0.3, 0.4) is 0 Å². The van der Waals surface area contributed by atoms with Crippen LogP contribution in [0, 0.1) is 0 Å². The molecule has 0 bridgehead atoms. The molecule has 0 aliphatic heterocycles. The van der Waals surface area contributed by atoms with Gasteiger partial charge in [-0.15, -0.1) is 0 Å². The van der Waals surface area contributed by atoms with E-state index in [2.05, 4.69) is 22.4 Å². The zero-order chi connectivity index (χ0) is 13.0. The highest BCUT2D eigenvalue weighted by Crippen LogP contribution is 2.14. The van der Waals surface area contributed by atoms with Gasteiger partial charge in [0.2, 0.25) is 0 Å². The Morgan fingerprint density at radius 3 is 2.94 bits per heavy atom. The second-order valence-corrected chi connectivity index (χ2v) is 4.21. The van der Waals surface area contributed by atoms with Gasteiger partial charge < -0.3 is 10.4 Å². The molecule has 2 aromatic heterocycles. The van der Waals surface area contributed by atoms with Crippen molar-refractivity contribution in [2.45, 2.75) is 26.4 Å². The molecule has 2 rings (SSSR count). The minimum absolute atomic E-state index is 0.108. The van der Waals surface area contributed by atoms with Gasteiger partial charge in [-0.25, -0.2) is 0 Å². The second kappa shape index (κ2) is 5.68. The van der Waals surface area contributed by atoms with Gasteiger partial charge in [-0.1, -0.05) is 6.92 Å². The summed E-state index contributed by atoms with van der Waals surface area (Å²) in [6.07, 6.45) is 6.64. The minimum atomic E-state index is 0.108. The van der Waals surface area contributed by atoms with Gasteiger partial charge in [-0.2, -0.15) is 10.2 Å². The fourth-order valence-electron chi connectivity index (χ4n) is 1.86. The number of nitrogens with zero attached hydrogens (tertiary/aromatic N) is 4. The lowest BCUT2D eigenvalue weighted by Gasteiger charge is -2.03. The summed E-state index contributed by atoms with van der Waals surface area (Å²) in [7, 11) is 1.92. The molecule has 0 spiro atoms. The van der Waals surface area contributed by atoms with Crippen LogP contribution in [0.15, 0.2) is 18.6 Å². The molecular formula is C12H19N5O. The van der Waals surface area contributed by atoms with Crippen LogP contribution < -0.4 is 5.32 Å². The maximum Gasteiger partial charge on any atom is 0.0853 e. The Bertz CT molecular complexity index is 502. The van der Waals surface area contributed by atoms with Crippen molar-refractivity contribution in [3.8, 4) is 0 Å². The third-order valence-corrected chi connectivity index (χ3v) is 2.74. The van der Waals surface area contributed by atoms with E-state index >= 15 is 0 Å². The predicted molar refractivity (Wildman–Crippen MR) is 69.2 cm³/mol. The van der Waals surface area contributed by atoms with E-state index in [1.807, 2.05) is 30.3 Å². The molecule has 0 unspecified atom stereocenters. The Labute approximate surface area is 106 Å². The van der Waals surface area contributed by atoms with E-state index in [9.17, 15) is 0 Å². The predicted octanol–water partition coefficient (Wildman–Crippen LogP) is 0.783. The first kappa shape index (κ1) is 12.6. The van der Waals surface area contributed by atoms with E-state index in [-0.39, 0.29) is 6.61 Å². The van der Waals surface area contributed by atoms with Crippen molar-refractivity contribution in [1.82, 2.24) is 19.6 Å². The monoisotopic (exact) mass is 249 g/mol. The van der Waals surface area contributed by atoms with Gasteiger partial charge in [0.25, 0.3) is 0 Å². The normalized spacial score (nSPS) is 10.8. The fraction of sp³-hybridized carbons (Fsp3) is 0.500. The summed E-state index contributed by atoms with van der Waals surface area (Å²) >= 11 is 0. The highest BCUT2D eigenvalue weighted by molar-refractivity contribution is 5.46. The lowest BCUT2D eigenvalue weighted by Crippen LogP contribution is -2.02. The number of aliphatic hydroxyl groups is 1. The maximum atomic E-state index is 8.82. The molecule has 18 heavy (non-hydrogen) atoms. The Morgan fingerprint density at radius 2 is 2.22 bits per heavy atom. The van der Waals surface area contributed by atoms with Gasteiger partial charge in [0.15, 0.2) is 0 Å². The number of nitrogens with one attached hydrogen (secondary N) is 1. The van der Waals surface area contributed by atoms with Gasteiger partial charge in [0.05, 0.1) is 30.7 Å². The van der Waals surface area contributed by atoms with Crippen molar-refractivity contribution in [1.29, 1.82) is 0 Å². The number of aromatic nitrogens is 4. The maximum absolute atomic E-state index is 8.82. The van der Waals surface area contributed by atoms with Crippen LogP contribution in [0.2, 0.25) is 0 Å². The topological polar surface area (TPSA) is 67.9 Å². The Balaban J connectivity index is 1.97. The third kappa shape index (κ3) is 2.89. The zero-order valence-electron chi connectivity index (χ0n) is 10.8. The lowest BCUT2D eigenvalue weighted by atomic mass is 10.3. The van der Waals surface area contributed by atoms with Gasteiger partial charge in [0, 0.05) is 31.5 Å². The number of aliphatic hydroxyl groups excluding tert-OH is 1. The van der Waals surface area contributed by atoms with Crippen molar-refractivity contribution < 1.29 is 5.11 Å². The summed E-state index contributed by atoms with van der Waals surface area (Å²) < 4.78 is 3.55. The molecule has 0 aliphatic carbocycles. The minimum Gasteiger partial charge on any atom is -0.394 e. The van der Waals surface area contributed by atoms with Crippen molar-refractivity contribution in [2.24, 2.45) is 7.05 Å². The Kier molecular flexibility index (Phi) is 3.99. The molecule has 2 N–H and O–H groups in total. The average Bonchev–Trinajstić information content (AvgIpc) is 2.93. The smallest absolute Gasteiger partial charge is 0.0853 e. The molecule has 0 saturated heterocycles. The van der Waals surface area contributed by atoms with E-state index < -0.39 is 0 Å². The number of aryl methyl sites for hydroxylation is 2. The molecule has 0 aliphatic rings. The summed E-state index contributed by atoms with van der Waals surface area (Å²) in [5.41, 5.74) is 3.23. The number of hydrogen-bond donors (Lipinski definition) is 2. The molecular weight excluding hydrogens is 230 g/mol. The van der Waals surface area contributed by atoms with Crippen molar-refractivity contribution in [3.05, 3.63) is 29.8 Å². The van der Waals surface area contributed by atoms with Crippen LogP contribution in [0.1, 0.15) is 18.2 Å².